The van der Waals surface area contributed by atoms with E-state index in [1.165, 1.54) is 24.3 Å². The summed E-state index contributed by atoms with van der Waals surface area (Å²) in [5, 5.41) is 10.6. The van der Waals surface area contributed by atoms with Crippen molar-refractivity contribution >= 4 is 11.5 Å². The molecule has 0 heterocycles. The van der Waals surface area contributed by atoms with Crippen molar-refractivity contribution in [2.45, 2.75) is 37.3 Å². The average molecular weight is 263 g/mol. The Labute approximate surface area is 110 Å². The molecule has 0 aromatic heterocycles. The molecule has 0 radical (unpaired) electrons. The largest absolute Gasteiger partial charge is 0.328 e. The van der Waals surface area contributed by atoms with Gasteiger partial charge >= 0.3 is 0 Å². The number of Topliss-reactive ketones (excluding diaryl/α,β-unsaturated/α-hetero) is 1. The molecule has 0 amide bonds. The first-order valence-corrected chi connectivity index (χ1v) is 6.26. The van der Waals surface area contributed by atoms with Gasteiger partial charge in [0.2, 0.25) is 0 Å². The lowest BCUT2D eigenvalue weighted by molar-refractivity contribution is -0.384. The molecule has 2 unspecified atom stereocenters. The minimum Gasteiger partial charge on any atom is -0.328 e. The highest BCUT2D eigenvalue weighted by atomic mass is 16.6. The van der Waals surface area contributed by atoms with Crippen molar-refractivity contribution in [3.05, 3.63) is 39.9 Å². The summed E-state index contributed by atoms with van der Waals surface area (Å²) in [6, 6.07) is 5.49. The first-order chi connectivity index (χ1) is 8.92. The first kappa shape index (κ1) is 13.6. The molecule has 0 aliphatic heterocycles. The number of nitrogens with two attached hydrogens (primary N) is 2. The molecule has 1 saturated carbocycles. The molecule has 6 nitrogen and oxygen atoms in total. The second-order valence-electron chi connectivity index (χ2n) is 5.15. The molecule has 0 spiro atoms. The summed E-state index contributed by atoms with van der Waals surface area (Å²) in [5.41, 5.74) is 11.5. The standard InChI is InChI=1S/C13H17N3O3/c14-10-2-1-7-13(15,8-10)12(17)9-3-5-11(6-4-9)16(18)19/h3-6,10H,1-2,7-8,14-15H2. The topological polar surface area (TPSA) is 112 Å². The number of non-ortho nitro benzene ring substituents is 1. The SMILES string of the molecule is NC1CCCC(N)(C(=O)c2ccc([N+](=O)[O-])cc2)C1. The van der Waals surface area contributed by atoms with Gasteiger partial charge in [0.05, 0.1) is 10.5 Å². The van der Waals surface area contributed by atoms with Crippen LogP contribution in [0.5, 0.6) is 0 Å². The Morgan fingerprint density at radius 2 is 2.00 bits per heavy atom. The lowest BCUT2D eigenvalue weighted by Crippen LogP contribution is -2.54. The fourth-order valence-corrected chi connectivity index (χ4v) is 2.58. The van der Waals surface area contributed by atoms with E-state index in [1.807, 2.05) is 0 Å². The van der Waals surface area contributed by atoms with E-state index < -0.39 is 10.5 Å². The number of carbonyl (C=O) groups is 1. The highest BCUT2D eigenvalue weighted by Crippen LogP contribution is 2.29. The average Bonchev–Trinajstić information content (AvgIpc) is 2.37. The molecule has 102 valence electrons. The van der Waals surface area contributed by atoms with E-state index in [9.17, 15) is 14.9 Å². The summed E-state index contributed by atoms with van der Waals surface area (Å²) in [6.07, 6.45) is 2.78. The molecule has 1 aliphatic carbocycles. The van der Waals surface area contributed by atoms with Gasteiger partial charge in [0.25, 0.3) is 5.69 Å². The molecule has 0 saturated heterocycles. The predicted molar refractivity (Wildman–Crippen MR) is 70.8 cm³/mol. The van der Waals surface area contributed by atoms with Crippen LogP contribution < -0.4 is 11.5 Å². The second-order valence-corrected chi connectivity index (χ2v) is 5.15. The summed E-state index contributed by atoms with van der Waals surface area (Å²) in [5.74, 6) is -0.183. The molecule has 1 fully saturated rings. The Bertz CT molecular complexity index is 500. The van der Waals surface area contributed by atoms with Gasteiger partial charge in [-0.25, -0.2) is 0 Å². The molecule has 1 aromatic rings. The fraction of sp³-hybridized carbons (Fsp3) is 0.462. The van der Waals surface area contributed by atoms with Crippen molar-refractivity contribution in [1.82, 2.24) is 0 Å². The van der Waals surface area contributed by atoms with Gasteiger partial charge in [0.1, 0.15) is 0 Å². The fourth-order valence-electron chi connectivity index (χ4n) is 2.58. The van der Waals surface area contributed by atoms with Crippen LogP contribution in [-0.4, -0.2) is 22.3 Å². The van der Waals surface area contributed by atoms with Gasteiger partial charge < -0.3 is 11.5 Å². The molecule has 0 bridgehead atoms. The van der Waals surface area contributed by atoms with Crippen LogP contribution in [0.15, 0.2) is 24.3 Å². The molecule has 1 aliphatic rings. The molecule has 2 rings (SSSR count). The first-order valence-electron chi connectivity index (χ1n) is 6.26. The zero-order valence-corrected chi connectivity index (χ0v) is 10.5. The van der Waals surface area contributed by atoms with Crippen LogP contribution in [-0.2, 0) is 0 Å². The predicted octanol–water partition coefficient (Wildman–Crippen LogP) is 1.38. The van der Waals surface area contributed by atoms with E-state index in [4.69, 9.17) is 11.5 Å². The normalized spacial score (nSPS) is 26.9. The van der Waals surface area contributed by atoms with E-state index in [0.717, 1.165) is 12.8 Å². The quantitative estimate of drug-likeness (QED) is 0.486. The number of nitro groups is 1. The van der Waals surface area contributed by atoms with Crippen molar-refractivity contribution in [3.8, 4) is 0 Å². The molecular formula is C13H17N3O3. The van der Waals surface area contributed by atoms with Crippen molar-refractivity contribution in [2.75, 3.05) is 0 Å². The smallest absolute Gasteiger partial charge is 0.269 e. The number of nitro benzene ring substituents is 1. The lowest BCUT2D eigenvalue weighted by atomic mass is 9.75. The van der Waals surface area contributed by atoms with Gasteiger partial charge in [0, 0.05) is 23.7 Å². The summed E-state index contributed by atoms with van der Waals surface area (Å²) < 4.78 is 0. The van der Waals surface area contributed by atoms with Crippen LogP contribution in [0.1, 0.15) is 36.0 Å². The Kier molecular flexibility index (Phi) is 3.64. The Morgan fingerprint density at radius 1 is 1.37 bits per heavy atom. The van der Waals surface area contributed by atoms with Gasteiger partial charge in [-0.2, -0.15) is 0 Å². The number of hydrogen-bond donors (Lipinski definition) is 2. The third-order valence-corrected chi connectivity index (χ3v) is 3.62. The number of ketones is 1. The van der Waals surface area contributed by atoms with Crippen LogP contribution in [0.4, 0.5) is 5.69 Å². The molecule has 1 aromatic carbocycles. The monoisotopic (exact) mass is 263 g/mol. The van der Waals surface area contributed by atoms with Gasteiger partial charge in [-0.1, -0.05) is 0 Å². The zero-order chi connectivity index (χ0) is 14.0. The number of nitrogens with zero attached hydrogens (tertiary/aromatic N) is 1. The maximum absolute atomic E-state index is 12.4. The lowest BCUT2D eigenvalue weighted by Gasteiger charge is -2.35. The van der Waals surface area contributed by atoms with Crippen LogP contribution in [0.25, 0.3) is 0 Å². The van der Waals surface area contributed by atoms with E-state index in [2.05, 4.69) is 0 Å². The molecule has 2 atom stereocenters. The molecule has 4 N–H and O–H groups in total. The van der Waals surface area contributed by atoms with Crippen LogP contribution in [0.3, 0.4) is 0 Å². The summed E-state index contributed by atoms with van der Waals surface area (Å²) in [7, 11) is 0. The van der Waals surface area contributed by atoms with Crippen molar-refractivity contribution in [3.63, 3.8) is 0 Å². The zero-order valence-electron chi connectivity index (χ0n) is 10.5. The minimum absolute atomic E-state index is 0.0389. The minimum atomic E-state index is -0.937. The Morgan fingerprint density at radius 3 is 2.53 bits per heavy atom. The van der Waals surface area contributed by atoms with E-state index >= 15 is 0 Å². The van der Waals surface area contributed by atoms with Crippen LogP contribution >= 0.6 is 0 Å². The highest BCUT2D eigenvalue weighted by molar-refractivity contribution is 6.03. The van der Waals surface area contributed by atoms with Crippen molar-refractivity contribution < 1.29 is 9.72 Å². The molecule has 6 heteroatoms. The summed E-state index contributed by atoms with van der Waals surface area (Å²) >= 11 is 0. The molecule has 19 heavy (non-hydrogen) atoms. The number of rotatable bonds is 3. The third-order valence-electron chi connectivity index (χ3n) is 3.62. The van der Waals surface area contributed by atoms with Crippen molar-refractivity contribution in [1.29, 1.82) is 0 Å². The van der Waals surface area contributed by atoms with E-state index in [-0.39, 0.29) is 17.5 Å². The number of benzene rings is 1. The van der Waals surface area contributed by atoms with Gasteiger partial charge in [-0.3, -0.25) is 14.9 Å². The third kappa shape index (κ3) is 2.80. The van der Waals surface area contributed by atoms with Gasteiger partial charge in [0.15, 0.2) is 5.78 Å². The maximum Gasteiger partial charge on any atom is 0.269 e. The van der Waals surface area contributed by atoms with Crippen LogP contribution in [0.2, 0.25) is 0 Å². The second kappa shape index (κ2) is 5.07. The van der Waals surface area contributed by atoms with E-state index in [1.54, 1.807) is 0 Å². The molecular weight excluding hydrogens is 246 g/mol. The Balaban J connectivity index is 2.21. The van der Waals surface area contributed by atoms with Crippen LogP contribution in [0, 0.1) is 10.1 Å². The van der Waals surface area contributed by atoms with E-state index in [0.29, 0.717) is 18.4 Å². The Hall–Kier alpha value is -1.79. The number of hydrogen-bond acceptors (Lipinski definition) is 5. The summed E-state index contributed by atoms with van der Waals surface area (Å²) in [4.78, 5) is 22.5. The van der Waals surface area contributed by atoms with Crippen molar-refractivity contribution in [2.24, 2.45) is 11.5 Å². The van der Waals surface area contributed by atoms with Gasteiger partial charge in [-0.05, 0) is 37.8 Å². The maximum atomic E-state index is 12.4. The van der Waals surface area contributed by atoms with Gasteiger partial charge in [-0.15, -0.1) is 0 Å². The summed E-state index contributed by atoms with van der Waals surface area (Å²) in [6.45, 7) is 0. The highest BCUT2D eigenvalue weighted by Gasteiger charge is 2.38. The number of carbonyl (C=O) groups excluding carboxylic acids is 1.